The summed E-state index contributed by atoms with van der Waals surface area (Å²) in [5, 5.41) is 0. The topological polar surface area (TPSA) is 134 Å². The maximum absolute atomic E-state index is 12.7. The van der Waals surface area contributed by atoms with E-state index in [2.05, 4.69) is 50.3 Å². The van der Waals surface area contributed by atoms with Crippen LogP contribution in [0.25, 0.3) is 0 Å². The minimum absolute atomic E-state index is 0.0540. The molecule has 0 saturated heterocycles. The molecule has 0 aliphatic rings. The highest BCUT2D eigenvalue weighted by Crippen LogP contribution is 2.43. The second kappa shape index (κ2) is 55.5. The Morgan fingerprint density at radius 3 is 1.13 bits per heavy atom. The molecule has 9 nitrogen and oxygen atoms in total. The van der Waals surface area contributed by atoms with Crippen LogP contribution in [-0.2, 0) is 32.7 Å². The molecule has 0 aliphatic heterocycles. The molecule has 0 aromatic heterocycles. The zero-order chi connectivity index (χ0) is 50.2. The third-order valence-electron chi connectivity index (χ3n) is 13.0. The number of ether oxygens (including phenoxy) is 2. The number of hydrogen-bond donors (Lipinski definition) is 2. The van der Waals surface area contributed by atoms with Crippen molar-refractivity contribution in [3.05, 3.63) is 36.5 Å². The molecule has 0 radical (unpaired) electrons. The van der Waals surface area contributed by atoms with Crippen LogP contribution in [0.2, 0.25) is 0 Å². The number of unbranched alkanes of at least 4 members (excludes halogenated alkanes) is 37. The van der Waals surface area contributed by atoms with Crippen molar-refractivity contribution in [1.29, 1.82) is 0 Å². The molecule has 3 N–H and O–H groups in total. The molecule has 0 saturated carbocycles. The van der Waals surface area contributed by atoms with E-state index in [9.17, 15) is 19.0 Å². The first-order valence-electron chi connectivity index (χ1n) is 29.5. The second-order valence-electron chi connectivity index (χ2n) is 19.9. The molecule has 0 spiro atoms. The van der Waals surface area contributed by atoms with Crippen LogP contribution < -0.4 is 5.73 Å². The first-order chi connectivity index (χ1) is 33.8. The molecule has 0 fully saturated rings. The largest absolute Gasteiger partial charge is 0.472 e. The molecule has 10 heteroatoms. The summed E-state index contributed by atoms with van der Waals surface area (Å²) in [6.07, 6.45) is 66.6. The molecule has 0 heterocycles. The molecule has 0 aromatic rings. The molecule has 0 amide bonds. The number of rotatable bonds is 56. The fraction of sp³-hybridized carbons (Fsp3) is 0.864. The van der Waals surface area contributed by atoms with Crippen LogP contribution in [0.3, 0.4) is 0 Å². The van der Waals surface area contributed by atoms with Crippen LogP contribution in [0.4, 0.5) is 0 Å². The van der Waals surface area contributed by atoms with Crippen LogP contribution >= 0.6 is 7.82 Å². The third kappa shape index (κ3) is 55.4. The Bertz CT molecular complexity index is 1220. The number of carbonyl (C=O) groups excluding carboxylic acids is 2. The number of phosphoric ester groups is 1. The Kier molecular flexibility index (Phi) is 54.1. The van der Waals surface area contributed by atoms with E-state index in [1.165, 1.54) is 205 Å². The van der Waals surface area contributed by atoms with Gasteiger partial charge in [-0.05, 0) is 70.6 Å². The highest BCUT2D eigenvalue weighted by Gasteiger charge is 2.26. The third-order valence-corrected chi connectivity index (χ3v) is 14.0. The minimum Gasteiger partial charge on any atom is -0.462 e. The van der Waals surface area contributed by atoms with Crippen molar-refractivity contribution in [2.24, 2.45) is 5.73 Å². The standard InChI is InChI=1S/C59H112NO8P/c1-3-5-7-9-11-13-15-17-18-19-20-21-22-23-24-25-26-27-28-29-30-31-32-33-34-35-36-37-38-40-42-44-46-48-50-52-59(62)68-57(56-67-69(63,64)66-54-53-60)55-65-58(61)51-49-47-45-43-41-39-16-14-12-10-8-6-4-2/h14-17,19-20,57H,3-13,18,21-56,60H2,1-2H3,(H,63,64)/b16-14-,17-15-,20-19-. The first kappa shape index (κ1) is 67.2. The van der Waals surface area contributed by atoms with Gasteiger partial charge in [0.1, 0.15) is 6.61 Å². The van der Waals surface area contributed by atoms with E-state index < -0.39 is 26.5 Å². The van der Waals surface area contributed by atoms with Crippen LogP contribution in [0.1, 0.15) is 296 Å². The lowest BCUT2D eigenvalue weighted by atomic mass is 10.0. The molecular weight excluding hydrogens is 882 g/mol. The van der Waals surface area contributed by atoms with Crippen molar-refractivity contribution >= 4 is 19.8 Å². The van der Waals surface area contributed by atoms with E-state index in [1.807, 2.05) is 0 Å². The summed E-state index contributed by atoms with van der Waals surface area (Å²) in [6, 6.07) is 0. The first-order valence-corrected chi connectivity index (χ1v) is 31.0. The normalized spacial score (nSPS) is 13.3. The summed E-state index contributed by atoms with van der Waals surface area (Å²) < 4.78 is 32.9. The van der Waals surface area contributed by atoms with E-state index >= 15 is 0 Å². The second-order valence-corrected chi connectivity index (χ2v) is 21.3. The van der Waals surface area contributed by atoms with E-state index in [0.29, 0.717) is 6.42 Å². The van der Waals surface area contributed by atoms with Gasteiger partial charge < -0.3 is 20.1 Å². The van der Waals surface area contributed by atoms with Crippen molar-refractivity contribution in [1.82, 2.24) is 0 Å². The SMILES string of the molecule is CCCCCC/C=C\CCCCCCCC(=O)OCC(COP(=O)(O)OCCN)OC(=O)CCCCCCCCCCCCCCCCCCCCCCCCC/C=C\C/C=C\CCCCCCC. The van der Waals surface area contributed by atoms with Crippen molar-refractivity contribution < 1.29 is 37.6 Å². The summed E-state index contributed by atoms with van der Waals surface area (Å²) in [7, 11) is -4.38. The van der Waals surface area contributed by atoms with Gasteiger partial charge in [0.25, 0.3) is 0 Å². The zero-order valence-corrected chi connectivity index (χ0v) is 46.2. The lowest BCUT2D eigenvalue weighted by Crippen LogP contribution is -2.29. The van der Waals surface area contributed by atoms with E-state index in [1.54, 1.807) is 0 Å². The highest BCUT2D eigenvalue weighted by molar-refractivity contribution is 7.47. The Hall–Kier alpha value is -1.77. The molecule has 0 aromatic carbocycles. The van der Waals surface area contributed by atoms with Crippen LogP contribution in [0.5, 0.6) is 0 Å². The molecule has 0 rings (SSSR count). The smallest absolute Gasteiger partial charge is 0.462 e. The number of hydrogen-bond acceptors (Lipinski definition) is 8. The van der Waals surface area contributed by atoms with E-state index in [4.69, 9.17) is 24.3 Å². The lowest BCUT2D eigenvalue weighted by Gasteiger charge is -2.19. The number of esters is 2. The minimum atomic E-state index is -4.38. The maximum Gasteiger partial charge on any atom is 0.472 e. The van der Waals surface area contributed by atoms with E-state index in [-0.39, 0.29) is 38.6 Å². The van der Waals surface area contributed by atoms with Crippen molar-refractivity contribution in [2.45, 2.75) is 302 Å². The van der Waals surface area contributed by atoms with Gasteiger partial charge >= 0.3 is 19.8 Å². The van der Waals surface area contributed by atoms with Crippen LogP contribution in [0.15, 0.2) is 36.5 Å². The average Bonchev–Trinajstić information content (AvgIpc) is 3.34. The monoisotopic (exact) mass is 994 g/mol. The quantitative estimate of drug-likeness (QED) is 0.0264. The highest BCUT2D eigenvalue weighted by atomic mass is 31.2. The fourth-order valence-electron chi connectivity index (χ4n) is 8.60. The summed E-state index contributed by atoms with van der Waals surface area (Å²) >= 11 is 0. The number of allylic oxidation sites excluding steroid dienone is 6. The van der Waals surface area contributed by atoms with E-state index in [0.717, 1.165) is 57.8 Å². The molecule has 406 valence electrons. The summed E-state index contributed by atoms with van der Waals surface area (Å²) in [4.78, 5) is 35.1. The Morgan fingerprint density at radius 1 is 0.435 bits per heavy atom. The van der Waals surface area contributed by atoms with Gasteiger partial charge in [-0.3, -0.25) is 18.6 Å². The van der Waals surface area contributed by atoms with Gasteiger partial charge in [-0.15, -0.1) is 0 Å². The molecule has 2 atom stereocenters. The van der Waals surface area contributed by atoms with Gasteiger partial charge in [0.05, 0.1) is 13.2 Å². The van der Waals surface area contributed by atoms with Gasteiger partial charge in [-0.25, -0.2) is 4.57 Å². The van der Waals surface area contributed by atoms with Crippen molar-refractivity contribution in [3.63, 3.8) is 0 Å². The van der Waals surface area contributed by atoms with Crippen LogP contribution in [-0.4, -0.2) is 49.3 Å². The predicted molar refractivity (Wildman–Crippen MR) is 294 cm³/mol. The van der Waals surface area contributed by atoms with Gasteiger partial charge in [-0.1, -0.05) is 249 Å². The average molecular weight is 995 g/mol. The Morgan fingerprint density at radius 2 is 0.754 bits per heavy atom. The van der Waals surface area contributed by atoms with Gasteiger partial charge in [-0.2, -0.15) is 0 Å². The Balaban J connectivity index is 3.79. The van der Waals surface area contributed by atoms with Gasteiger partial charge in [0.15, 0.2) is 6.10 Å². The van der Waals surface area contributed by atoms with Gasteiger partial charge in [0.2, 0.25) is 0 Å². The number of nitrogens with two attached hydrogens (primary N) is 1. The van der Waals surface area contributed by atoms with Crippen LogP contribution in [0, 0.1) is 0 Å². The number of phosphoric acid groups is 1. The Labute approximate surface area is 426 Å². The fourth-order valence-corrected chi connectivity index (χ4v) is 9.37. The van der Waals surface area contributed by atoms with Crippen molar-refractivity contribution in [3.8, 4) is 0 Å². The number of carbonyl (C=O) groups is 2. The molecule has 0 aliphatic carbocycles. The molecule has 2 unspecified atom stereocenters. The summed E-state index contributed by atoms with van der Waals surface area (Å²) in [5.74, 6) is -0.825. The van der Waals surface area contributed by atoms with Gasteiger partial charge in [0, 0.05) is 19.4 Å². The lowest BCUT2D eigenvalue weighted by molar-refractivity contribution is -0.161. The molecule has 69 heavy (non-hydrogen) atoms. The predicted octanol–water partition coefficient (Wildman–Crippen LogP) is 18.4. The molecule has 0 bridgehead atoms. The zero-order valence-electron chi connectivity index (χ0n) is 45.3. The van der Waals surface area contributed by atoms with Crippen molar-refractivity contribution in [2.75, 3.05) is 26.4 Å². The molecular formula is C59H112NO8P. The summed E-state index contributed by atoms with van der Waals surface area (Å²) in [6.45, 7) is 3.74. The summed E-state index contributed by atoms with van der Waals surface area (Å²) in [5.41, 5.74) is 5.37. The maximum atomic E-state index is 12.7.